The van der Waals surface area contributed by atoms with Gasteiger partial charge < -0.3 is 5.32 Å². The molecule has 0 aromatic heterocycles. The minimum Gasteiger partial charge on any atom is -0.325 e. The first-order chi connectivity index (χ1) is 14.4. The fraction of sp³-hybridized carbons (Fsp3) is 0.0500. The van der Waals surface area contributed by atoms with E-state index in [2.05, 4.69) is 20.6 Å². The van der Waals surface area contributed by atoms with Crippen LogP contribution in [0.1, 0.15) is 17.2 Å². The summed E-state index contributed by atoms with van der Waals surface area (Å²) in [6.07, 6.45) is 0. The Kier molecular flexibility index (Phi) is 5.17. The number of para-hydroxylation sites is 1. The van der Waals surface area contributed by atoms with Gasteiger partial charge in [0.25, 0.3) is 15.7 Å². The molecule has 0 radical (unpaired) electrons. The van der Waals surface area contributed by atoms with Gasteiger partial charge in [-0.15, -0.1) is 4.83 Å². The number of anilines is 1. The second-order valence-electron chi connectivity index (χ2n) is 6.48. The molecule has 1 aliphatic heterocycles. The zero-order chi connectivity index (χ0) is 21.1. The molecule has 0 aliphatic carbocycles. The number of hydrogen-bond donors (Lipinski definition) is 3. The maximum absolute atomic E-state index is 12.5. The third-order valence-corrected chi connectivity index (χ3v) is 5.81. The van der Waals surface area contributed by atoms with Gasteiger partial charge in [0.2, 0.25) is 5.96 Å². The molecule has 10 heteroatoms. The van der Waals surface area contributed by atoms with E-state index in [1.54, 1.807) is 0 Å². The number of non-ortho nitro benzene ring substituents is 1. The van der Waals surface area contributed by atoms with Crippen molar-refractivity contribution < 1.29 is 13.3 Å². The summed E-state index contributed by atoms with van der Waals surface area (Å²) in [5.74, 6) is 0.230. The molecule has 3 N–H and O–H groups in total. The van der Waals surface area contributed by atoms with Crippen molar-refractivity contribution in [1.82, 2.24) is 10.3 Å². The fourth-order valence-electron chi connectivity index (χ4n) is 3.08. The summed E-state index contributed by atoms with van der Waals surface area (Å²) in [6.45, 7) is 0. The maximum atomic E-state index is 12.5. The first-order valence-corrected chi connectivity index (χ1v) is 10.4. The van der Waals surface area contributed by atoms with Crippen molar-refractivity contribution in [3.63, 3.8) is 0 Å². The Labute approximate surface area is 172 Å². The third kappa shape index (κ3) is 4.00. The van der Waals surface area contributed by atoms with Crippen LogP contribution in [0.4, 0.5) is 11.4 Å². The fourth-order valence-corrected chi connectivity index (χ4v) is 3.93. The van der Waals surface area contributed by atoms with Crippen molar-refractivity contribution in [3.8, 4) is 0 Å². The number of nitrogens with one attached hydrogen (secondary N) is 3. The lowest BCUT2D eigenvalue weighted by Crippen LogP contribution is -2.46. The number of sulfonamides is 1. The number of rotatable bonds is 5. The summed E-state index contributed by atoms with van der Waals surface area (Å²) in [7, 11) is -3.97. The number of fused-ring (bicyclic) bond motifs is 1. The summed E-state index contributed by atoms with van der Waals surface area (Å²) in [5, 5.41) is 13.8. The van der Waals surface area contributed by atoms with Gasteiger partial charge in [0.1, 0.15) is 6.04 Å². The van der Waals surface area contributed by atoms with Crippen LogP contribution in [-0.2, 0) is 10.0 Å². The number of aliphatic imine (C=N–C) groups is 1. The lowest BCUT2D eigenvalue weighted by atomic mass is 9.97. The molecular formula is C20H17N5O4S. The lowest BCUT2D eigenvalue weighted by molar-refractivity contribution is -0.384. The van der Waals surface area contributed by atoms with Crippen LogP contribution in [0, 0.1) is 10.1 Å². The number of benzene rings is 3. The molecular weight excluding hydrogens is 406 g/mol. The molecule has 1 aliphatic rings. The quantitative estimate of drug-likeness (QED) is 0.428. The van der Waals surface area contributed by atoms with Crippen LogP contribution >= 0.6 is 0 Å². The second-order valence-corrected chi connectivity index (χ2v) is 8.17. The highest BCUT2D eigenvalue weighted by atomic mass is 32.2. The number of nitro benzene ring substituents is 1. The van der Waals surface area contributed by atoms with Gasteiger partial charge in [-0.2, -0.15) is 0 Å². The van der Waals surface area contributed by atoms with Crippen molar-refractivity contribution in [1.29, 1.82) is 0 Å². The molecule has 0 fully saturated rings. The summed E-state index contributed by atoms with van der Waals surface area (Å²) < 4.78 is 25.1. The molecule has 3 aromatic rings. The largest absolute Gasteiger partial charge is 0.325 e. The molecule has 0 saturated heterocycles. The number of guanidine groups is 1. The van der Waals surface area contributed by atoms with E-state index >= 15 is 0 Å². The SMILES string of the molecule is O=[N+]([O-])c1ccc(S(=O)(=O)NNC2=N[C@H](c3ccccc3)c3ccccc3N2)cc1. The highest BCUT2D eigenvalue weighted by Crippen LogP contribution is 2.34. The molecule has 0 amide bonds. The normalized spacial score (nSPS) is 15.5. The zero-order valence-corrected chi connectivity index (χ0v) is 16.3. The highest BCUT2D eigenvalue weighted by molar-refractivity contribution is 7.89. The predicted molar refractivity (Wildman–Crippen MR) is 112 cm³/mol. The number of nitrogens with zero attached hydrogens (tertiary/aromatic N) is 2. The van der Waals surface area contributed by atoms with E-state index in [-0.39, 0.29) is 22.6 Å². The number of hydrogen-bond acceptors (Lipinski definition) is 7. The van der Waals surface area contributed by atoms with Gasteiger partial charge in [0.05, 0.1) is 9.82 Å². The van der Waals surface area contributed by atoms with Crippen LogP contribution in [-0.4, -0.2) is 19.3 Å². The minimum absolute atomic E-state index is 0.114. The van der Waals surface area contributed by atoms with Crippen LogP contribution in [0.25, 0.3) is 0 Å². The van der Waals surface area contributed by atoms with Crippen LogP contribution < -0.4 is 15.6 Å². The Bertz CT molecular complexity index is 1210. The van der Waals surface area contributed by atoms with Crippen LogP contribution in [0.2, 0.25) is 0 Å². The van der Waals surface area contributed by atoms with E-state index in [9.17, 15) is 18.5 Å². The lowest BCUT2D eigenvalue weighted by Gasteiger charge is -2.26. The van der Waals surface area contributed by atoms with Crippen molar-refractivity contribution in [3.05, 3.63) is 100 Å². The molecule has 30 heavy (non-hydrogen) atoms. The van der Waals surface area contributed by atoms with Gasteiger partial charge >= 0.3 is 0 Å². The van der Waals surface area contributed by atoms with Gasteiger partial charge in [0.15, 0.2) is 0 Å². The molecule has 0 bridgehead atoms. The van der Waals surface area contributed by atoms with Crippen molar-refractivity contribution in [2.75, 3.05) is 5.32 Å². The summed E-state index contributed by atoms with van der Waals surface area (Å²) in [6, 6.07) is 21.6. The molecule has 3 aromatic carbocycles. The first-order valence-electron chi connectivity index (χ1n) is 8.95. The first kappa shape index (κ1) is 19.6. The van der Waals surface area contributed by atoms with Gasteiger partial charge in [0, 0.05) is 23.4 Å². The zero-order valence-electron chi connectivity index (χ0n) is 15.5. The standard InChI is InChI=1S/C20H17N5O4S/c26-25(27)15-10-12-16(13-11-15)30(28,29)24-23-20-21-18-9-5-4-8-17(18)19(22-20)14-6-2-1-3-7-14/h1-13,19,24H,(H2,21,22,23)/t19-/m1/s1. The van der Waals surface area contributed by atoms with Crippen molar-refractivity contribution >= 4 is 27.4 Å². The Morgan fingerprint density at radius 1 is 0.933 bits per heavy atom. The monoisotopic (exact) mass is 423 g/mol. The molecule has 1 atom stereocenters. The third-order valence-electron chi connectivity index (χ3n) is 4.54. The van der Waals surface area contributed by atoms with Gasteiger partial charge in [-0.05, 0) is 23.8 Å². The minimum atomic E-state index is -3.97. The van der Waals surface area contributed by atoms with E-state index in [0.29, 0.717) is 0 Å². The highest BCUT2D eigenvalue weighted by Gasteiger charge is 2.24. The van der Waals surface area contributed by atoms with E-state index in [1.807, 2.05) is 54.6 Å². The molecule has 1 heterocycles. The van der Waals surface area contributed by atoms with Crippen LogP contribution in [0.15, 0.2) is 88.8 Å². The molecule has 0 unspecified atom stereocenters. The Morgan fingerprint density at radius 2 is 1.60 bits per heavy atom. The summed E-state index contributed by atoms with van der Waals surface area (Å²) in [4.78, 5) is 16.9. The van der Waals surface area contributed by atoms with Crippen molar-refractivity contribution in [2.45, 2.75) is 10.9 Å². The van der Waals surface area contributed by atoms with Crippen LogP contribution in [0.3, 0.4) is 0 Å². The van der Waals surface area contributed by atoms with Gasteiger partial charge in [-0.3, -0.25) is 15.5 Å². The summed E-state index contributed by atoms with van der Waals surface area (Å²) >= 11 is 0. The molecule has 4 rings (SSSR count). The van der Waals surface area contributed by atoms with E-state index in [1.165, 1.54) is 12.1 Å². The maximum Gasteiger partial charge on any atom is 0.269 e. The average molecular weight is 423 g/mol. The summed E-state index contributed by atoms with van der Waals surface area (Å²) in [5.41, 5.74) is 5.14. The number of hydrazine groups is 1. The van der Waals surface area contributed by atoms with Crippen molar-refractivity contribution in [2.24, 2.45) is 4.99 Å². The smallest absolute Gasteiger partial charge is 0.269 e. The second kappa shape index (κ2) is 7.93. The van der Waals surface area contributed by atoms with E-state index < -0.39 is 14.9 Å². The average Bonchev–Trinajstić information content (AvgIpc) is 2.78. The van der Waals surface area contributed by atoms with Crippen LogP contribution in [0.5, 0.6) is 0 Å². The Morgan fingerprint density at radius 3 is 2.30 bits per heavy atom. The van der Waals surface area contributed by atoms with E-state index in [4.69, 9.17) is 0 Å². The predicted octanol–water partition coefficient (Wildman–Crippen LogP) is 2.95. The Hall–Kier alpha value is -3.76. The topological polar surface area (TPSA) is 126 Å². The van der Waals surface area contributed by atoms with Gasteiger partial charge in [-0.25, -0.2) is 13.4 Å². The molecule has 0 spiro atoms. The van der Waals surface area contributed by atoms with E-state index in [0.717, 1.165) is 28.9 Å². The van der Waals surface area contributed by atoms with Gasteiger partial charge in [-0.1, -0.05) is 48.5 Å². The molecule has 9 nitrogen and oxygen atoms in total. The molecule has 152 valence electrons. The Balaban J connectivity index is 1.57. The molecule has 0 saturated carbocycles. The number of nitro groups is 1.